The molecule has 22 heavy (non-hydrogen) atoms. The minimum Gasteiger partial charge on any atom is -0.0654 e. The van der Waals surface area contributed by atoms with Gasteiger partial charge in [0.2, 0.25) is 0 Å². The number of halogens is 1. The molecule has 0 fully saturated rings. The second-order valence-corrected chi connectivity index (χ2v) is 7.51. The van der Waals surface area contributed by atoms with Crippen LogP contribution in [0.25, 0.3) is 11.6 Å². The topological polar surface area (TPSA) is 0 Å². The molecule has 0 aliphatic heterocycles. The van der Waals surface area contributed by atoms with E-state index in [1.807, 2.05) is 0 Å². The fourth-order valence-corrected chi connectivity index (χ4v) is 4.63. The van der Waals surface area contributed by atoms with Gasteiger partial charge in [-0.25, -0.2) is 0 Å². The molecule has 0 aromatic heterocycles. The summed E-state index contributed by atoms with van der Waals surface area (Å²) < 4.78 is 1.25. The van der Waals surface area contributed by atoms with E-state index in [2.05, 4.69) is 72.3 Å². The van der Waals surface area contributed by atoms with E-state index in [1.165, 1.54) is 59.0 Å². The zero-order valence-electron chi connectivity index (χ0n) is 13.7. The molecule has 0 unspecified atom stereocenters. The van der Waals surface area contributed by atoms with Gasteiger partial charge in [-0.3, -0.25) is 0 Å². The highest BCUT2D eigenvalue weighted by Gasteiger charge is 2.36. The summed E-state index contributed by atoms with van der Waals surface area (Å²) in [5, 5.41) is 2.84. The molecule has 0 saturated heterocycles. The van der Waals surface area contributed by atoms with Crippen LogP contribution in [0.3, 0.4) is 0 Å². The number of hydrogen-bond donors (Lipinski definition) is 0. The minimum absolute atomic E-state index is 0.206. The van der Waals surface area contributed by atoms with Gasteiger partial charge in [-0.15, -0.1) is 0 Å². The molecule has 1 aromatic carbocycles. The fourth-order valence-electron chi connectivity index (χ4n) is 3.95. The summed E-state index contributed by atoms with van der Waals surface area (Å²) in [6, 6.07) is 8.89. The number of unbranched alkanes of at least 4 members (excludes halogenated alkanes) is 2. The first kappa shape index (κ1) is 15.8. The van der Waals surface area contributed by atoms with E-state index in [9.17, 15) is 0 Å². The molecule has 116 valence electrons. The van der Waals surface area contributed by atoms with Crippen LogP contribution in [0.5, 0.6) is 0 Å². The molecule has 1 aromatic rings. The Labute approximate surface area is 142 Å². The summed E-state index contributed by atoms with van der Waals surface area (Å²) in [6.07, 6.45) is 14.8. The van der Waals surface area contributed by atoms with Crippen LogP contribution >= 0.6 is 15.9 Å². The highest BCUT2D eigenvalue weighted by molar-refractivity contribution is 9.11. The monoisotopic (exact) mass is 356 g/mol. The third-order valence-electron chi connectivity index (χ3n) is 4.99. The summed E-state index contributed by atoms with van der Waals surface area (Å²) in [5.41, 5.74) is 3.20. The first-order valence-corrected chi connectivity index (χ1v) is 9.41. The molecule has 2 aliphatic rings. The maximum absolute atomic E-state index is 3.78. The van der Waals surface area contributed by atoms with Gasteiger partial charge in [0, 0.05) is 9.90 Å². The summed E-state index contributed by atoms with van der Waals surface area (Å²) in [6.45, 7) is 4.59. The van der Waals surface area contributed by atoms with Crippen molar-refractivity contribution in [2.45, 2.75) is 52.4 Å². The Balaban J connectivity index is 2.19. The summed E-state index contributed by atoms with van der Waals surface area (Å²) in [5.74, 6) is 0. The third kappa shape index (κ3) is 2.76. The lowest BCUT2D eigenvalue weighted by molar-refractivity contribution is 0.397. The van der Waals surface area contributed by atoms with Crippen molar-refractivity contribution in [1.82, 2.24) is 0 Å². The van der Waals surface area contributed by atoms with Crippen molar-refractivity contribution in [3.05, 3.63) is 56.9 Å². The largest absolute Gasteiger partial charge is 0.0654 e. The number of fused-ring (bicyclic) bond motifs is 2. The van der Waals surface area contributed by atoms with Crippen LogP contribution in [0.4, 0.5) is 0 Å². The van der Waals surface area contributed by atoms with Crippen LogP contribution in [0, 0.1) is 5.41 Å². The molecule has 0 spiro atoms. The van der Waals surface area contributed by atoms with Crippen molar-refractivity contribution in [3.8, 4) is 0 Å². The molecule has 0 bridgehead atoms. The molecular formula is C21H25Br. The van der Waals surface area contributed by atoms with Crippen LogP contribution in [0.2, 0.25) is 0 Å². The van der Waals surface area contributed by atoms with Crippen molar-refractivity contribution in [1.29, 1.82) is 0 Å². The molecule has 0 N–H and O–H groups in total. The first-order chi connectivity index (χ1) is 10.7. The zero-order valence-corrected chi connectivity index (χ0v) is 15.2. The van der Waals surface area contributed by atoms with Crippen LogP contribution in [0.1, 0.15) is 52.4 Å². The average Bonchev–Trinajstić information content (AvgIpc) is 2.89. The number of rotatable bonds is 6. The lowest BCUT2D eigenvalue weighted by Crippen LogP contribution is -2.31. The van der Waals surface area contributed by atoms with Crippen molar-refractivity contribution < 1.29 is 0 Å². The second-order valence-electron chi connectivity index (χ2n) is 6.60. The van der Waals surface area contributed by atoms with Crippen LogP contribution in [0.15, 0.2) is 46.5 Å². The van der Waals surface area contributed by atoms with E-state index in [0.29, 0.717) is 0 Å². The Bertz CT molecular complexity index is 725. The number of hydrogen-bond acceptors (Lipinski definition) is 0. The molecule has 0 heterocycles. The Kier molecular flexibility index (Phi) is 4.73. The summed E-state index contributed by atoms with van der Waals surface area (Å²) >= 11 is 3.78. The van der Waals surface area contributed by atoms with Crippen LogP contribution < -0.4 is 10.4 Å². The summed E-state index contributed by atoms with van der Waals surface area (Å²) in [4.78, 5) is 0. The SMILES string of the molecule is CCCCC1(CCCC)C=C(Br)C=C2C=c3ccccc3=C21. The fraction of sp³-hybridized carbons (Fsp3) is 0.429. The van der Waals surface area contributed by atoms with E-state index < -0.39 is 0 Å². The van der Waals surface area contributed by atoms with Crippen molar-refractivity contribution in [3.63, 3.8) is 0 Å². The Hall–Kier alpha value is -1.08. The third-order valence-corrected chi connectivity index (χ3v) is 5.45. The number of benzene rings is 1. The predicted octanol–water partition coefficient (Wildman–Crippen LogP) is 5.22. The lowest BCUT2D eigenvalue weighted by Gasteiger charge is -2.36. The lowest BCUT2D eigenvalue weighted by atomic mass is 9.68. The first-order valence-electron chi connectivity index (χ1n) is 8.62. The average molecular weight is 357 g/mol. The highest BCUT2D eigenvalue weighted by atomic mass is 79.9. The van der Waals surface area contributed by atoms with Crippen LogP contribution in [-0.4, -0.2) is 0 Å². The van der Waals surface area contributed by atoms with Gasteiger partial charge in [0.1, 0.15) is 0 Å². The number of allylic oxidation sites excluding steroid dienone is 4. The van der Waals surface area contributed by atoms with Gasteiger partial charge in [0.05, 0.1) is 0 Å². The molecule has 3 rings (SSSR count). The summed E-state index contributed by atoms with van der Waals surface area (Å²) in [7, 11) is 0. The predicted molar refractivity (Wildman–Crippen MR) is 100 cm³/mol. The zero-order chi connectivity index (χ0) is 15.6. The smallest absolute Gasteiger partial charge is 0.0158 e. The van der Waals surface area contributed by atoms with Crippen molar-refractivity contribution in [2.75, 3.05) is 0 Å². The highest BCUT2D eigenvalue weighted by Crippen LogP contribution is 2.49. The van der Waals surface area contributed by atoms with Gasteiger partial charge in [-0.2, -0.15) is 0 Å². The maximum atomic E-state index is 3.78. The van der Waals surface area contributed by atoms with Gasteiger partial charge in [-0.05, 0) is 46.6 Å². The Morgan fingerprint density at radius 3 is 2.32 bits per heavy atom. The van der Waals surface area contributed by atoms with E-state index in [4.69, 9.17) is 0 Å². The molecule has 0 saturated carbocycles. The molecule has 0 radical (unpaired) electrons. The van der Waals surface area contributed by atoms with Gasteiger partial charge >= 0.3 is 0 Å². The Morgan fingerprint density at radius 2 is 1.64 bits per heavy atom. The van der Waals surface area contributed by atoms with Gasteiger partial charge < -0.3 is 0 Å². The van der Waals surface area contributed by atoms with Crippen LogP contribution in [-0.2, 0) is 0 Å². The van der Waals surface area contributed by atoms with Crippen molar-refractivity contribution >= 4 is 27.6 Å². The molecule has 2 aliphatic carbocycles. The minimum atomic E-state index is 0.206. The van der Waals surface area contributed by atoms with E-state index >= 15 is 0 Å². The normalized spacial score (nSPS) is 18.2. The molecule has 0 amide bonds. The van der Waals surface area contributed by atoms with E-state index in [-0.39, 0.29) is 5.41 Å². The molecule has 0 atom stereocenters. The molecule has 1 heteroatoms. The quantitative estimate of drug-likeness (QED) is 0.655. The van der Waals surface area contributed by atoms with Gasteiger partial charge in [0.25, 0.3) is 0 Å². The van der Waals surface area contributed by atoms with Crippen molar-refractivity contribution in [2.24, 2.45) is 5.41 Å². The van der Waals surface area contributed by atoms with Gasteiger partial charge in [0.15, 0.2) is 0 Å². The second kappa shape index (κ2) is 6.58. The Morgan fingerprint density at radius 1 is 0.955 bits per heavy atom. The standard InChI is InChI=1S/C21H25Br/c1-3-5-11-21(12-6-4-2)15-18(22)14-17-13-16-9-7-8-10-19(16)20(17)21/h7-10,13-15H,3-6,11-12H2,1-2H3. The van der Waals surface area contributed by atoms with Gasteiger partial charge in [-0.1, -0.05) is 85.8 Å². The van der Waals surface area contributed by atoms with E-state index in [1.54, 1.807) is 5.57 Å². The molecular weight excluding hydrogens is 332 g/mol. The molecule has 0 nitrogen and oxygen atoms in total. The van der Waals surface area contributed by atoms with E-state index in [0.717, 1.165) is 0 Å². The maximum Gasteiger partial charge on any atom is 0.0158 e.